The summed E-state index contributed by atoms with van der Waals surface area (Å²) in [5, 5.41) is 5.21. The fourth-order valence-corrected chi connectivity index (χ4v) is 5.33. The topological polar surface area (TPSA) is 15.3 Å². The molecule has 1 aliphatic carbocycles. The number of nitrogens with one attached hydrogen (secondary N) is 1. The Morgan fingerprint density at radius 3 is 2.69 bits per heavy atom. The van der Waals surface area contributed by atoms with E-state index >= 15 is 0 Å². The van der Waals surface area contributed by atoms with Crippen molar-refractivity contribution in [2.75, 3.05) is 19.6 Å². The number of piperidine rings is 1. The second-order valence-corrected chi connectivity index (χ2v) is 6.87. The van der Waals surface area contributed by atoms with E-state index in [2.05, 4.69) is 46.3 Å². The van der Waals surface area contributed by atoms with Gasteiger partial charge in [-0.05, 0) is 25.9 Å². The van der Waals surface area contributed by atoms with Crippen molar-refractivity contribution in [1.82, 2.24) is 10.2 Å². The lowest BCUT2D eigenvalue weighted by molar-refractivity contribution is 0.284. The summed E-state index contributed by atoms with van der Waals surface area (Å²) >= 11 is 2.17. The van der Waals surface area contributed by atoms with E-state index in [9.17, 15) is 0 Å². The molecule has 86 valence electrons. The zero-order valence-electron chi connectivity index (χ0n) is 9.43. The van der Waals surface area contributed by atoms with E-state index in [0.717, 1.165) is 0 Å². The summed E-state index contributed by atoms with van der Waals surface area (Å²) in [6, 6.07) is 0.587. The van der Waals surface area contributed by atoms with E-state index in [1.807, 2.05) is 0 Å². The molecule has 0 amide bonds. The summed E-state index contributed by atoms with van der Waals surface area (Å²) in [7, 11) is 0. The molecule has 0 radical (unpaired) electrons. The summed E-state index contributed by atoms with van der Waals surface area (Å²) in [5.74, 6) is 0. The maximum absolute atomic E-state index is 3.85. The van der Waals surface area contributed by atoms with Crippen LogP contribution in [-0.2, 0) is 0 Å². The van der Waals surface area contributed by atoms with Crippen LogP contribution in [0.15, 0.2) is 24.3 Å². The highest BCUT2D eigenvalue weighted by Crippen LogP contribution is 2.50. The molecular formula is C13H18N2S. The maximum atomic E-state index is 3.85. The van der Waals surface area contributed by atoms with E-state index < -0.39 is 0 Å². The summed E-state index contributed by atoms with van der Waals surface area (Å²) < 4.78 is 0. The van der Waals surface area contributed by atoms with Gasteiger partial charge in [0.15, 0.2) is 0 Å². The first-order chi connectivity index (χ1) is 7.86. The highest BCUT2D eigenvalue weighted by Gasteiger charge is 2.52. The second-order valence-electron chi connectivity index (χ2n) is 5.58. The smallest absolute Gasteiger partial charge is 0.0614 e. The van der Waals surface area contributed by atoms with Crippen molar-refractivity contribution in [1.29, 1.82) is 0 Å². The number of allylic oxidation sites excluding steroid dienone is 2. The Labute approximate surface area is 101 Å². The van der Waals surface area contributed by atoms with Crippen molar-refractivity contribution in [2.24, 2.45) is 5.41 Å². The molecule has 4 aliphatic rings. The molecule has 3 heterocycles. The molecule has 3 atom stereocenters. The number of thioether (sulfide) groups is 1. The molecule has 3 unspecified atom stereocenters. The van der Waals surface area contributed by atoms with Crippen LogP contribution in [0.25, 0.3) is 0 Å². The molecule has 2 bridgehead atoms. The number of nitrogens with zero attached hydrogens (tertiary/aromatic N) is 1. The zero-order chi connectivity index (χ0) is 10.6. The van der Waals surface area contributed by atoms with Crippen LogP contribution in [0.5, 0.6) is 0 Å². The van der Waals surface area contributed by atoms with Crippen LogP contribution in [0.2, 0.25) is 0 Å². The third-order valence-corrected chi connectivity index (χ3v) is 6.34. The Hall–Kier alpha value is -0.250. The largest absolute Gasteiger partial charge is 0.303 e. The Morgan fingerprint density at radius 1 is 1.19 bits per heavy atom. The highest BCUT2D eigenvalue weighted by molar-refractivity contribution is 8.01. The summed E-state index contributed by atoms with van der Waals surface area (Å²) in [5.41, 5.74) is 0.587. The Kier molecular flexibility index (Phi) is 2.06. The fraction of sp³-hybridized carbons (Fsp3) is 0.692. The van der Waals surface area contributed by atoms with Gasteiger partial charge in [-0.1, -0.05) is 24.3 Å². The number of hydrogen-bond donors (Lipinski definition) is 1. The van der Waals surface area contributed by atoms with Gasteiger partial charge >= 0.3 is 0 Å². The summed E-state index contributed by atoms with van der Waals surface area (Å²) in [6.45, 7) is 4.00. The van der Waals surface area contributed by atoms with Crippen molar-refractivity contribution in [2.45, 2.75) is 29.5 Å². The molecular weight excluding hydrogens is 216 g/mol. The van der Waals surface area contributed by atoms with Crippen LogP contribution in [0, 0.1) is 5.41 Å². The monoisotopic (exact) mass is 234 g/mol. The van der Waals surface area contributed by atoms with Crippen LogP contribution in [0.3, 0.4) is 0 Å². The van der Waals surface area contributed by atoms with Crippen LogP contribution in [0.4, 0.5) is 0 Å². The predicted octanol–water partition coefficient (Wildman–Crippen LogP) is 1.61. The van der Waals surface area contributed by atoms with Crippen molar-refractivity contribution >= 4 is 11.8 Å². The third-order valence-electron chi connectivity index (χ3n) is 4.67. The lowest BCUT2D eigenvalue weighted by Gasteiger charge is -2.31. The minimum atomic E-state index is 0.587. The lowest BCUT2D eigenvalue weighted by Crippen LogP contribution is -2.42. The van der Waals surface area contributed by atoms with Gasteiger partial charge in [0.2, 0.25) is 0 Å². The molecule has 0 saturated carbocycles. The molecule has 0 aromatic rings. The van der Waals surface area contributed by atoms with E-state index in [0.29, 0.717) is 22.1 Å². The van der Waals surface area contributed by atoms with Gasteiger partial charge in [0.1, 0.15) is 0 Å². The standard InChI is InChI=1S/C13H18N2S/c1-2-4-11-10(3-1)14-12(16-11)13-5-7-15(9-13)8-6-13/h1-4,10-12,14H,5-9H2. The van der Waals surface area contributed by atoms with Crippen LogP contribution in [-0.4, -0.2) is 41.2 Å². The first-order valence-electron chi connectivity index (χ1n) is 6.35. The third kappa shape index (κ3) is 1.28. The number of fused-ring (bicyclic) bond motifs is 3. The Bertz CT molecular complexity index is 335. The highest BCUT2D eigenvalue weighted by atomic mass is 32.2. The van der Waals surface area contributed by atoms with Gasteiger partial charge < -0.3 is 4.90 Å². The fourth-order valence-electron chi connectivity index (χ4n) is 3.66. The van der Waals surface area contributed by atoms with Gasteiger partial charge in [-0.15, -0.1) is 11.8 Å². The molecule has 3 aliphatic heterocycles. The first-order valence-corrected chi connectivity index (χ1v) is 7.29. The van der Waals surface area contributed by atoms with Crippen LogP contribution in [0.1, 0.15) is 12.8 Å². The van der Waals surface area contributed by atoms with Gasteiger partial charge in [0.05, 0.1) is 5.37 Å². The molecule has 0 aromatic heterocycles. The van der Waals surface area contributed by atoms with Gasteiger partial charge in [0.25, 0.3) is 0 Å². The molecule has 3 saturated heterocycles. The van der Waals surface area contributed by atoms with Gasteiger partial charge in [-0.2, -0.15) is 0 Å². The number of rotatable bonds is 1. The molecule has 3 fully saturated rings. The van der Waals surface area contributed by atoms with Gasteiger partial charge in [-0.3, -0.25) is 5.32 Å². The minimum Gasteiger partial charge on any atom is -0.303 e. The molecule has 1 N–H and O–H groups in total. The van der Waals surface area contributed by atoms with Crippen molar-refractivity contribution in [3.05, 3.63) is 24.3 Å². The average Bonchev–Trinajstić information content (AvgIpc) is 3.03. The van der Waals surface area contributed by atoms with Gasteiger partial charge in [-0.25, -0.2) is 0 Å². The molecule has 0 aromatic carbocycles. The lowest BCUT2D eigenvalue weighted by atomic mass is 9.84. The Morgan fingerprint density at radius 2 is 2.00 bits per heavy atom. The minimum absolute atomic E-state index is 0.587. The SMILES string of the molecule is C1=CC2NC(C34CCN(CC3)C4)SC2C=C1. The molecule has 2 nitrogen and oxygen atoms in total. The van der Waals surface area contributed by atoms with E-state index in [-0.39, 0.29) is 0 Å². The average molecular weight is 234 g/mol. The van der Waals surface area contributed by atoms with Gasteiger partial charge in [0, 0.05) is 23.3 Å². The normalized spacial score (nSPS) is 53.5. The van der Waals surface area contributed by atoms with Crippen molar-refractivity contribution in [3.8, 4) is 0 Å². The van der Waals surface area contributed by atoms with E-state index in [4.69, 9.17) is 0 Å². The van der Waals surface area contributed by atoms with E-state index in [1.165, 1.54) is 32.5 Å². The molecule has 3 heteroatoms. The predicted molar refractivity (Wildman–Crippen MR) is 68.5 cm³/mol. The summed E-state index contributed by atoms with van der Waals surface area (Å²) in [6.07, 6.45) is 11.9. The van der Waals surface area contributed by atoms with Crippen molar-refractivity contribution in [3.63, 3.8) is 0 Å². The quantitative estimate of drug-likeness (QED) is 0.742. The molecule has 0 spiro atoms. The second kappa shape index (κ2) is 3.37. The van der Waals surface area contributed by atoms with Crippen LogP contribution < -0.4 is 5.32 Å². The Balaban J connectivity index is 1.57. The molecule has 16 heavy (non-hydrogen) atoms. The maximum Gasteiger partial charge on any atom is 0.0614 e. The first kappa shape index (κ1) is 9.75. The zero-order valence-corrected chi connectivity index (χ0v) is 10.2. The van der Waals surface area contributed by atoms with Crippen LogP contribution >= 0.6 is 11.8 Å². The summed E-state index contributed by atoms with van der Waals surface area (Å²) in [4.78, 5) is 2.63. The number of hydrogen-bond acceptors (Lipinski definition) is 3. The van der Waals surface area contributed by atoms with E-state index in [1.54, 1.807) is 0 Å². The van der Waals surface area contributed by atoms with Crippen molar-refractivity contribution < 1.29 is 0 Å². The molecule has 4 rings (SSSR count).